The van der Waals surface area contributed by atoms with Crippen LogP contribution in [-0.4, -0.2) is 46.9 Å². The third-order valence-electron chi connectivity index (χ3n) is 4.67. The number of carbonyl (C=O) groups is 3. The minimum absolute atomic E-state index is 0.0366. The van der Waals surface area contributed by atoms with Gasteiger partial charge in [0.25, 0.3) is 5.91 Å². The van der Waals surface area contributed by atoms with Crippen molar-refractivity contribution < 1.29 is 19.2 Å². The summed E-state index contributed by atoms with van der Waals surface area (Å²) in [5.41, 5.74) is 6.37. The summed E-state index contributed by atoms with van der Waals surface area (Å²) in [5, 5.41) is 10.6. The van der Waals surface area contributed by atoms with Gasteiger partial charge in [0.05, 0.1) is 23.6 Å². The maximum Gasteiger partial charge on any atom is 0.261 e. The van der Waals surface area contributed by atoms with Crippen LogP contribution in [0.1, 0.15) is 36.9 Å². The van der Waals surface area contributed by atoms with E-state index in [0.29, 0.717) is 24.1 Å². The lowest BCUT2D eigenvalue weighted by Crippen LogP contribution is -2.38. The molecule has 26 heavy (non-hydrogen) atoms. The van der Waals surface area contributed by atoms with Crippen molar-refractivity contribution in [2.75, 3.05) is 13.1 Å². The SMILES string of the molecule is CCCN1C(=O)C2ON(CCC(N)=O)C(c3cccc(C#N)c3)C2C1=O. The molecular weight excluding hydrogens is 336 g/mol. The number of hydrogen-bond donors (Lipinski definition) is 1. The van der Waals surface area contributed by atoms with Crippen LogP contribution in [-0.2, 0) is 19.2 Å². The number of benzene rings is 1. The van der Waals surface area contributed by atoms with E-state index in [1.165, 1.54) is 9.96 Å². The fourth-order valence-corrected chi connectivity index (χ4v) is 3.55. The largest absolute Gasteiger partial charge is 0.370 e. The van der Waals surface area contributed by atoms with E-state index in [1.807, 2.05) is 6.92 Å². The zero-order chi connectivity index (χ0) is 18.8. The Balaban J connectivity index is 1.97. The Morgan fingerprint density at radius 2 is 2.08 bits per heavy atom. The second-order valence-corrected chi connectivity index (χ2v) is 6.42. The number of nitrogens with zero attached hydrogens (tertiary/aromatic N) is 3. The Labute approximate surface area is 151 Å². The van der Waals surface area contributed by atoms with Gasteiger partial charge in [0.2, 0.25) is 11.8 Å². The lowest BCUT2D eigenvalue weighted by atomic mass is 9.90. The van der Waals surface area contributed by atoms with Gasteiger partial charge in [-0.3, -0.25) is 24.1 Å². The zero-order valence-electron chi connectivity index (χ0n) is 14.4. The normalized spacial score (nSPS) is 25.4. The Morgan fingerprint density at radius 1 is 1.31 bits per heavy atom. The average molecular weight is 356 g/mol. The van der Waals surface area contributed by atoms with E-state index in [-0.39, 0.29) is 24.8 Å². The number of likely N-dealkylation sites (tertiary alicyclic amines) is 1. The molecule has 8 heteroatoms. The van der Waals surface area contributed by atoms with E-state index in [2.05, 4.69) is 6.07 Å². The minimum Gasteiger partial charge on any atom is -0.370 e. The molecule has 2 aliphatic heterocycles. The Kier molecular flexibility index (Phi) is 5.02. The highest BCUT2D eigenvalue weighted by Gasteiger charge is 2.59. The second-order valence-electron chi connectivity index (χ2n) is 6.42. The fourth-order valence-electron chi connectivity index (χ4n) is 3.55. The molecule has 0 aromatic heterocycles. The number of hydrogen-bond acceptors (Lipinski definition) is 6. The van der Waals surface area contributed by atoms with E-state index in [1.54, 1.807) is 24.3 Å². The molecule has 2 fully saturated rings. The molecule has 3 atom stereocenters. The molecule has 0 spiro atoms. The highest BCUT2D eigenvalue weighted by Crippen LogP contribution is 2.44. The maximum atomic E-state index is 12.9. The number of nitrogens with two attached hydrogens (primary N) is 1. The number of nitriles is 1. The first-order valence-electron chi connectivity index (χ1n) is 8.55. The number of fused-ring (bicyclic) bond motifs is 1. The zero-order valence-corrected chi connectivity index (χ0v) is 14.4. The van der Waals surface area contributed by atoms with Crippen LogP contribution >= 0.6 is 0 Å². The van der Waals surface area contributed by atoms with Crippen LogP contribution in [0.5, 0.6) is 0 Å². The van der Waals surface area contributed by atoms with Gasteiger partial charge in [0.1, 0.15) is 0 Å². The minimum atomic E-state index is -0.905. The quantitative estimate of drug-likeness (QED) is 0.741. The van der Waals surface area contributed by atoms with Gasteiger partial charge in [0, 0.05) is 19.5 Å². The standard InChI is InChI=1S/C18H20N4O4/c1-2-7-21-17(24)14-15(12-5-3-4-11(9-12)10-19)22(8-6-13(20)23)26-16(14)18(21)25/h3-5,9,14-16H,2,6-8H2,1H3,(H2,20,23). The van der Waals surface area contributed by atoms with Crippen molar-refractivity contribution in [1.29, 1.82) is 5.26 Å². The third-order valence-corrected chi connectivity index (χ3v) is 4.67. The van der Waals surface area contributed by atoms with Gasteiger partial charge in [0.15, 0.2) is 6.10 Å². The van der Waals surface area contributed by atoms with Crippen molar-refractivity contribution in [2.24, 2.45) is 11.7 Å². The van der Waals surface area contributed by atoms with E-state index in [4.69, 9.17) is 15.8 Å². The lowest BCUT2D eigenvalue weighted by Gasteiger charge is -2.26. The number of amides is 3. The van der Waals surface area contributed by atoms with Crippen LogP contribution in [0.3, 0.4) is 0 Å². The van der Waals surface area contributed by atoms with E-state index >= 15 is 0 Å². The summed E-state index contributed by atoms with van der Waals surface area (Å²) in [5.74, 6) is -1.84. The van der Waals surface area contributed by atoms with Crippen molar-refractivity contribution in [3.63, 3.8) is 0 Å². The highest BCUT2D eigenvalue weighted by molar-refractivity contribution is 6.07. The molecule has 1 aromatic rings. The Hall–Kier alpha value is -2.76. The number of rotatable bonds is 6. The Morgan fingerprint density at radius 3 is 2.73 bits per heavy atom. The van der Waals surface area contributed by atoms with Gasteiger partial charge in [-0.05, 0) is 24.1 Å². The van der Waals surface area contributed by atoms with Crippen LogP contribution in [0.4, 0.5) is 0 Å². The summed E-state index contributed by atoms with van der Waals surface area (Å²) in [7, 11) is 0. The van der Waals surface area contributed by atoms with Crippen molar-refractivity contribution in [3.05, 3.63) is 35.4 Å². The predicted octanol–water partition coefficient (Wildman–Crippen LogP) is 0.486. The first-order valence-corrected chi connectivity index (χ1v) is 8.55. The van der Waals surface area contributed by atoms with Crippen molar-refractivity contribution in [3.8, 4) is 6.07 Å². The second kappa shape index (κ2) is 7.23. The van der Waals surface area contributed by atoms with E-state index < -0.39 is 24.0 Å². The van der Waals surface area contributed by atoms with Crippen LogP contribution in [0, 0.1) is 17.2 Å². The molecule has 3 rings (SSSR count). The number of hydroxylamine groups is 2. The number of carbonyl (C=O) groups excluding carboxylic acids is 3. The smallest absolute Gasteiger partial charge is 0.261 e. The van der Waals surface area contributed by atoms with Gasteiger partial charge < -0.3 is 5.73 Å². The van der Waals surface area contributed by atoms with Gasteiger partial charge in [-0.15, -0.1) is 0 Å². The molecular formula is C18H20N4O4. The third kappa shape index (κ3) is 3.07. The molecule has 1 aromatic carbocycles. The molecule has 3 amide bonds. The van der Waals surface area contributed by atoms with Crippen molar-refractivity contribution >= 4 is 17.7 Å². The lowest BCUT2D eigenvalue weighted by molar-refractivity contribution is -0.180. The molecule has 2 aliphatic rings. The molecule has 8 nitrogen and oxygen atoms in total. The van der Waals surface area contributed by atoms with Gasteiger partial charge in [-0.25, -0.2) is 0 Å². The highest BCUT2D eigenvalue weighted by atomic mass is 16.7. The summed E-state index contributed by atoms with van der Waals surface area (Å²) < 4.78 is 0. The van der Waals surface area contributed by atoms with Gasteiger partial charge >= 0.3 is 0 Å². The number of primary amides is 1. The topological polar surface area (TPSA) is 117 Å². The monoisotopic (exact) mass is 356 g/mol. The molecule has 136 valence electrons. The molecule has 2 heterocycles. The molecule has 0 radical (unpaired) electrons. The number of imide groups is 1. The maximum absolute atomic E-state index is 12.9. The molecule has 2 saturated heterocycles. The van der Waals surface area contributed by atoms with Crippen molar-refractivity contribution in [1.82, 2.24) is 9.96 Å². The molecule has 3 unspecified atom stereocenters. The summed E-state index contributed by atoms with van der Waals surface area (Å²) >= 11 is 0. The first kappa shape index (κ1) is 18.0. The van der Waals surface area contributed by atoms with Crippen LogP contribution in [0.25, 0.3) is 0 Å². The Bertz CT molecular complexity index is 788. The summed E-state index contributed by atoms with van der Waals surface area (Å²) in [6, 6.07) is 8.36. The molecule has 0 bridgehead atoms. The van der Waals surface area contributed by atoms with Gasteiger partial charge in [-0.1, -0.05) is 19.1 Å². The van der Waals surface area contributed by atoms with Crippen LogP contribution < -0.4 is 5.73 Å². The average Bonchev–Trinajstić information content (AvgIpc) is 3.12. The first-order chi connectivity index (χ1) is 12.5. The van der Waals surface area contributed by atoms with E-state index in [9.17, 15) is 14.4 Å². The summed E-state index contributed by atoms with van der Waals surface area (Å²) in [6.07, 6.45) is -0.205. The summed E-state index contributed by atoms with van der Waals surface area (Å²) in [6.45, 7) is 2.40. The molecule has 0 saturated carbocycles. The van der Waals surface area contributed by atoms with E-state index in [0.717, 1.165) is 0 Å². The summed E-state index contributed by atoms with van der Waals surface area (Å²) in [4.78, 5) is 43.6. The van der Waals surface area contributed by atoms with Gasteiger partial charge in [-0.2, -0.15) is 10.3 Å². The molecule has 0 aliphatic carbocycles. The molecule has 2 N–H and O–H groups in total. The van der Waals surface area contributed by atoms with Crippen molar-refractivity contribution in [2.45, 2.75) is 31.9 Å². The predicted molar refractivity (Wildman–Crippen MR) is 89.8 cm³/mol. The van der Waals surface area contributed by atoms with Crippen LogP contribution in [0.15, 0.2) is 24.3 Å². The fraction of sp³-hybridized carbons (Fsp3) is 0.444. The van der Waals surface area contributed by atoms with Crippen LogP contribution in [0.2, 0.25) is 0 Å².